The number of piperidine rings is 1. The second-order valence-electron chi connectivity index (χ2n) is 6.85. The maximum Gasteiger partial charge on any atom is 0.308 e. The van der Waals surface area contributed by atoms with E-state index in [0.29, 0.717) is 25.9 Å². The van der Waals surface area contributed by atoms with Crippen molar-refractivity contribution in [2.24, 2.45) is 11.8 Å². The van der Waals surface area contributed by atoms with Crippen molar-refractivity contribution in [3.05, 3.63) is 29.8 Å². The highest BCUT2D eigenvalue weighted by atomic mass is 16.4. The molecule has 1 aromatic carbocycles. The van der Waals surface area contributed by atoms with E-state index in [1.807, 2.05) is 31.2 Å². The number of carbonyl (C=O) groups is 3. The summed E-state index contributed by atoms with van der Waals surface area (Å²) in [5.41, 5.74) is 1.97. The number of benzene rings is 1. The molecule has 0 saturated carbocycles. The maximum absolute atomic E-state index is 12.8. The summed E-state index contributed by atoms with van der Waals surface area (Å²) in [6, 6.07) is 7.77. The third kappa shape index (κ3) is 3.52. The third-order valence-electron chi connectivity index (χ3n) is 5.22. The first-order valence-corrected chi connectivity index (χ1v) is 8.91. The van der Waals surface area contributed by atoms with E-state index in [9.17, 15) is 19.5 Å². The molecule has 25 heavy (non-hydrogen) atoms. The van der Waals surface area contributed by atoms with Gasteiger partial charge >= 0.3 is 5.97 Å². The molecule has 1 aromatic rings. The summed E-state index contributed by atoms with van der Waals surface area (Å²) in [4.78, 5) is 39.8. The summed E-state index contributed by atoms with van der Waals surface area (Å²) in [7, 11) is 0. The Labute approximate surface area is 147 Å². The van der Waals surface area contributed by atoms with Gasteiger partial charge in [-0.05, 0) is 30.9 Å². The van der Waals surface area contributed by atoms with Crippen LogP contribution in [0, 0.1) is 11.8 Å². The quantitative estimate of drug-likeness (QED) is 0.905. The first-order valence-electron chi connectivity index (χ1n) is 8.91. The minimum Gasteiger partial charge on any atom is -0.481 e. The SMILES string of the molecule is CCc1ccccc1N1C[C@@H](C(=O)N2CCC[C@H](C(=O)O)C2)CC1=O. The zero-order valence-corrected chi connectivity index (χ0v) is 14.5. The number of carbonyl (C=O) groups excluding carboxylic acids is 2. The van der Waals surface area contributed by atoms with E-state index in [2.05, 4.69) is 0 Å². The van der Waals surface area contributed by atoms with Crippen LogP contribution in [-0.2, 0) is 20.8 Å². The lowest BCUT2D eigenvalue weighted by Crippen LogP contribution is -2.45. The molecule has 0 spiro atoms. The summed E-state index contributed by atoms with van der Waals surface area (Å²) < 4.78 is 0. The highest BCUT2D eigenvalue weighted by Crippen LogP contribution is 2.30. The second-order valence-corrected chi connectivity index (χ2v) is 6.85. The van der Waals surface area contributed by atoms with Crippen LogP contribution in [0.2, 0.25) is 0 Å². The number of carboxylic acids is 1. The Kier molecular flexibility index (Phi) is 5.06. The standard InChI is InChI=1S/C19H24N2O4/c1-2-13-6-3-4-8-16(13)21-12-15(10-17(21)22)18(23)20-9-5-7-14(11-20)19(24)25/h3-4,6,8,14-15H,2,5,7,9-12H2,1H3,(H,24,25)/t14-,15-/m0/s1. The molecule has 2 aliphatic heterocycles. The Morgan fingerprint density at radius 1 is 1.20 bits per heavy atom. The number of likely N-dealkylation sites (tertiary alicyclic amines) is 1. The molecule has 2 atom stereocenters. The van der Waals surface area contributed by atoms with E-state index in [-0.39, 0.29) is 30.7 Å². The van der Waals surface area contributed by atoms with Crippen molar-refractivity contribution in [2.75, 3.05) is 24.5 Å². The summed E-state index contributed by atoms with van der Waals surface area (Å²) in [5.74, 6) is -1.85. The Hall–Kier alpha value is -2.37. The molecule has 0 radical (unpaired) electrons. The number of para-hydroxylation sites is 1. The van der Waals surface area contributed by atoms with Crippen LogP contribution in [0.4, 0.5) is 5.69 Å². The van der Waals surface area contributed by atoms with Crippen LogP contribution in [0.5, 0.6) is 0 Å². The van der Waals surface area contributed by atoms with Crippen molar-refractivity contribution in [1.29, 1.82) is 0 Å². The van der Waals surface area contributed by atoms with Gasteiger partial charge in [0.1, 0.15) is 0 Å². The monoisotopic (exact) mass is 344 g/mol. The van der Waals surface area contributed by atoms with Crippen LogP contribution < -0.4 is 4.90 Å². The molecule has 0 bridgehead atoms. The molecule has 2 heterocycles. The van der Waals surface area contributed by atoms with Gasteiger partial charge in [0.2, 0.25) is 11.8 Å². The molecule has 2 amide bonds. The minimum absolute atomic E-state index is 0.0361. The number of amides is 2. The van der Waals surface area contributed by atoms with Crippen LogP contribution in [0.1, 0.15) is 31.7 Å². The lowest BCUT2D eigenvalue weighted by atomic mass is 9.96. The van der Waals surface area contributed by atoms with E-state index >= 15 is 0 Å². The number of anilines is 1. The smallest absolute Gasteiger partial charge is 0.308 e. The molecule has 6 heteroatoms. The third-order valence-corrected chi connectivity index (χ3v) is 5.22. The predicted molar refractivity (Wildman–Crippen MR) is 93.2 cm³/mol. The fraction of sp³-hybridized carbons (Fsp3) is 0.526. The van der Waals surface area contributed by atoms with E-state index < -0.39 is 11.9 Å². The predicted octanol–water partition coefficient (Wildman–Crippen LogP) is 1.93. The van der Waals surface area contributed by atoms with Gasteiger partial charge in [0.15, 0.2) is 0 Å². The van der Waals surface area contributed by atoms with Gasteiger partial charge in [-0.1, -0.05) is 25.1 Å². The average Bonchev–Trinajstić information content (AvgIpc) is 3.02. The van der Waals surface area contributed by atoms with Gasteiger partial charge < -0.3 is 14.9 Å². The number of hydrogen-bond donors (Lipinski definition) is 1. The summed E-state index contributed by atoms with van der Waals surface area (Å²) in [6.07, 6.45) is 2.33. The molecule has 0 unspecified atom stereocenters. The van der Waals surface area contributed by atoms with Crippen molar-refractivity contribution >= 4 is 23.5 Å². The molecule has 0 aliphatic carbocycles. The molecule has 3 rings (SSSR count). The van der Waals surface area contributed by atoms with E-state index in [1.165, 1.54) is 0 Å². The molecule has 1 N–H and O–H groups in total. The van der Waals surface area contributed by atoms with Crippen molar-refractivity contribution in [1.82, 2.24) is 4.90 Å². The highest BCUT2D eigenvalue weighted by molar-refractivity contribution is 6.00. The van der Waals surface area contributed by atoms with Crippen molar-refractivity contribution < 1.29 is 19.5 Å². The van der Waals surface area contributed by atoms with Crippen LogP contribution >= 0.6 is 0 Å². The molecule has 6 nitrogen and oxygen atoms in total. The summed E-state index contributed by atoms with van der Waals surface area (Å²) >= 11 is 0. The topological polar surface area (TPSA) is 77.9 Å². The lowest BCUT2D eigenvalue weighted by molar-refractivity contribution is -0.146. The zero-order chi connectivity index (χ0) is 18.0. The minimum atomic E-state index is -0.849. The highest BCUT2D eigenvalue weighted by Gasteiger charge is 2.39. The van der Waals surface area contributed by atoms with E-state index in [4.69, 9.17) is 0 Å². The molecule has 134 valence electrons. The van der Waals surface area contributed by atoms with Gasteiger partial charge in [-0.25, -0.2) is 0 Å². The van der Waals surface area contributed by atoms with Crippen molar-refractivity contribution in [3.63, 3.8) is 0 Å². The maximum atomic E-state index is 12.8. The number of nitrogens with zero attached hydrogens (tertiary/aromatic N) is 2. The van der Waals surface area contributed by atoms with Gasteiger partial charge in [0.25, 0.3) is 0 Å². The van der Waals surface area contributed by atoms with Crippen LogP contribution in [0.3, 0.4) is 0 Å². The molecular weight excluding hydrogens is 320 g/mol. The largest absolute Gasteiger partial charge is 0.481 e. The summed E-state index contributed by atoms with van der Waals surface area (Å²) in [5, 5.41) is 9.19. The van der Waals surface area contributed by atoms with Crippen LogP contribution in [-0.4, -0.2) is 47.4 Å². The van der Waals surface area contributed by atoms with Gasteiger partial charge in [-0.2, -0.15) is 0 Å². The number of aliphatic carboxylic acids is 1. The molecule has 2 aliphatic rings. The number of rotatable bonds is 4. The number of hydrogen-bond acceptors (Lipinski definition) is 3. The molecular formula is C19H24N2O4. The average molecular weight is 344 g/mol. The van der Waals surface area contributed by atoms with Crippen LogP contribution in [0.25, 0.3) is 0 Å². The van der Waals surface area contributed by atoms with Crippen molar-refractivity contribution in [3.8, 4) is 0 Å². The fourth-order valence-corrected chi connectivity index (χ4v) is 3.82. The second kappa shape index (κ2) is 7.25. The Bertz CT molecular complexity index is 688. The van der Waals surface area contributed by atoms with Gasteiger partial charge in [-0.3, -0.25) is 14.4 Å². The molecule has 2 fully saturated rings. The first kappa shape index (κ1) is 17.5. The van der Waals surface area contributed by atoms with E-state index in [0.717, 1.165) is 17.7 Å². The molecule has 0 aromatic heterocycles. The van der Waals surface area contributed by atoms with Crippen LogP contribution in [0.15, 0.2) is 24.3 Å². The Balaban J connectivity index is 1.71. The van der Waals surface area contributed by atoms with Gasteiger partial charge in [0.05, 0.1) is 11.8 Å². The van der Waals surface area contributed by atoms with Gasteiger partial charge in [0, 0.05) is 31.7 Å². The Morgan fingerprint density at radius 3 is 2.68 bits per heavy atom. The van der Waals surface area contributed by atoms with Crippen molar-refractivity contribution in [2.45, 2.75) is 32.6 Å². The lowest BCUT2D eigenvalue weighted by Gasteiger charge is -2.32. The zero-order valence-electron chi connectivity index (χ0n) is 14.5. The first-order chi connectivity index (χ1) is 12.0. The molecule has 2 saturated heterocycles. The van der Waals surface area contributed by atoms with E-state index in [1.54, 1.807) is 9.80 Å². The Morgan fingerprint density at radius 2 is 1.96 bits per heavy atom. The number of aryl methyl sites for hydroxylation is 1. The normalized spacial score (nSPS) is 23.8. The van der Waals surface area contributed by atoms with Gasteiger partial charge in [-0.15, -0.1) is 0 Å². The summed E-state index contributed by atoms with van der Waals surface area (Å²) in [6.45, 7) is 3.26. The fourth-order valence-electron chi connectivity index (χ4n) is 3.82. The number of carboxylic acid groups (broad SMARTS) is 1.